The van der Waals surface area contributed by atoms with E-state index in [0.29, 0.717) is 19.8 Å². The summed E-state index contributed by atoms with van der Waals surface area (Å²) in [6.07, 6.45) is 0. The maximum Gasteiger partial charge on any atom is 0.239 e. The molecule has 2 rings (SSSR count). The van der Waals surface area contributed by atoms with Crippen molar-refractivity contribution in [1.82, 2.24) is 10.6 Å². The van der Waals surface area contributed by atoms with Gasteiger partial charge in [0.15, 0.2) is 0 Å². The van der Waals surface area contributed by atoms with E-state index >= 15 is 0 Å². The highest BCUT2D eigenvalue weighted by Crippen LogP contribution is 2.05. The Morgan fingerprint density at radius 2 is 2.67 bits per heavy atom. The van der Waals surface area contributed by atoms with Gasteiger partial charge in [-0.05, 0) is 22.4 Å². The third-order valence-corrected chi connectivity index (χ3v) is 3.02. The van der Waals surface area contributed by atoms with Crippen molar-refractivity contribution >= 4 is 17.2 Å². The van der Waals surface area contributed by atoms with Gasteiger partial charge in [-0.15, -0.1) is 0 Å². The quantitative estimate of drug-likeness (QED) is 0.782. The summed E-state index contributed by atoms with van der Waals surface area (Å²) in [4.78, 5) is 11.6. The summed E-state index contributed by atoms with van der Waals surface area (Å²) in [6.45, 7) is 2.50. The van der Waals surface area contributed by atoms with Crippen molar-refractivity contribution in [2.24, 2.45) is 0 Å². The first-order valence-corrected chi connectivity index (χ1v) is 5.90. The molecule has 5 heteroatoms. The van der Waals surface area contributed by atoms with E-state index < -0.39 is 0 Å². The van der Waals surface area contributed by atoms with Crippen LogP contribution in [0.25, 0.3) is 0 Å². The largest absolute Gasteiger partial charge is 0.378 e. The summed E-state index contributed by atoms with van der Waals surface area (Å²) in [5.41, 5.74) is 1.14. The first-order valence-electron chi connectivity index (χ1n) is 4.96. The fourth-order valence-corrected chi connectivity index (χ4v) is 2.11. The molecule has 2 N–H and O–H groups in total. The fourth-order valence-electron chi connectivity index (χ4n) is 1.44. The lowest BCUT2D eigenvalue weighted by Gasteiger charge is -2.22. The summed E-state index contributed by atoms with van der Waals surface area (Å²) < 4.78 is 5.22. The van der Waals surface area contributed by atoms with Crippen molar-refractivity contribution in [3.63, 3.8) is 0 Å². The molecule has 1 saturated heterocycles. The van der Waals surface area contributed by atoms with Crippen LogP contribution in [-0.2, 0) is 16.1 Å². The summed E-state index contributed by atoms with van der Waals surface area (Å²) in [5.74, 6) is 0.0147. The van der Waals surface area contributed by atoms with Crippen LogP contribution in [-0.4, -0.2) is 31.7 Å². The van der Waals surface area contributed by atoms with Crippen molar-refractivity contribution in [1.29, 1.82) is 0 Å². The van der Waals surface area contributed by atoms with Gasteiger partial charge >= 0.3 is 0 Å². The van der Waals surface area contributed by atoms with Gasteiger partial charge in [-0.25, -0.2) is 0 Å². The number of ether oxygens (including phenoxy) is 1. The van der Waals surface area contributed by atoms with Crippen LogP contribution < -0.4 is 10.6 Å². The lowest BCUT2D eigenvalue weighted by atomic mass is 10.2. The van der Waals surface area contributed by atoms with Crippen LogP contribution in [0, 0.1) is 0 Å². The van der Waals surface area contributed by atoms with Crippen LogP contribution in [0.3, 0.4) is 0 Å². The topological polar surface area (TPSA) is 50.4 Å². The molecule has 1 aliphatic heterocycles. The molecule has 4 nitrogen and oxygen atoms in total. The fraction of sp³-hybridized carbons (Fsp3) is 0.500. The maximum atomic E-state index is 11.6. The van der Waals surface area contributed by atoms with E-state index in [1.54, 1.807) is 11.3 Å². The summed E-state index contributed by atoms with van der Waals surface area (Å²) in [6, 6.07) is 1.81. The van der Waals surface area contributed by atoms with Crippen LogP contribution >= 0.6 is 11.3 Å². The summed E-state index contributed by atoms with van der Waals surface area (Å²) >= 11 is 1.64. The lowest BCUT2D eigenvalue weighted by Crippen LogP contribution is -2.51. The average molecular weight is 226 g/mol. The zero-order chi connectivity index (χ0) is 10.5. The number of morpholine rings is 1. The van der Waals surface area contributed by atoms with Crippen molar-refractivity contribution in [2.45, 2.75) is 12.6 Å². The predicted molar refractivity (Wildman–Crippen MR) is 58.8 cm³/mol. The van der Waals surface area contributed by atoms with Crippen LogP contribution in [0.1, 0.15) is 5.56 Å². The number of hydrogen-bond acceptors (Lipinski definition) is 4. The van der Waals surface area contributed by atoms with Gasteiger partial charge in [0, 0.05) is 13.1 Å². The van der Waals surface area contributed by atoms with Crippen LogP contribution in [0.15, 0.2) is 16.8 Å². The zero-order valence-corrected chi connectivity index (χ0v) is 9.18. The molecule has 0 aliphatic carbocycles. The Kier molecular flexibility index (Phi) is 3.71. The Balaban J connectivity index is 1.76. The van der Waals surface area contributed by atoms with E-state index in [1.807, 2.05) is 16.8 Å². The Bertz CT molecular complexity index is 307. The van der Waals surface area contributed by atoms with Crippen LogP contribution in [0.4, 0.5) is 0 Å². The minimum Gasteiger partial charge on any atom is -0.378 e. The Morgan fingerprint density at radius 1 is 1.73 bits per heavy atom. The van der Waals surface area contributed by atoms with Gasteiger partial charge < -0.3 is 15.4 Å². The third kappa shape index (κ3) is 3.02. The summed E-state index contributed by atoms with van der Waals surface area (Å²) in [7, 11) is 0. The van der Waals surface area contributed by atoms with Gasteiger partial charge in [-0.1, -0.05) is 0 Å². The minimum atomic E-state index is -0.197. The standard InChI is InChI=1S/C10H14N2O2S/c13-10(9-6-14-3-2-11-9)12-5-8-1-4-15-7-8/h1,4,7,9,11H,2-3,5-6H2,(H,12,13). The predicted octanol–water partition coefficient (Wildman–Crippen LogP) is 0.353. The first kappa shape index (κ1) is 10.6. The zero-order valence-electron chi connectivity index (χ0n) is 8.36. The van der Waals surface area contributed by atoms with E-state index in [1.165, 1.54) is 0 Å². The number of carbonyl (C=O) groups is 1. The molecular formula is C10H14N2O2S. The van der Waals surface area contributed by atoms with E-state index in [9.17, 15) is 4.79 Å². The van der Waals surface area contributed by atoms with E-state index in [2.05, 4.69) is 10.6 Å². The molecular weight excluding hydrogens is 212 g/mol. The van der Waals surface area contributed by atoms with Crippen molar-refractivity contribution in [3.05, 3.63) is 22.4 Å². The SMILES string of the molecule is O=C(NCc1ccsc1)C1COCCN1. The molecule has 15 heavy (non-hydrogen) atoms. The first-order chi connectivity index (χ1) is 7.36. The van der Waals surface area contributed by atoms with Crippen molar-refractivity contribution < 1.29 is 9.53 Å². The highest BCUT2D eigenvalue weighted by atomic mass is 32.1. The second-order valence-corrected chi connectivity index (χ2v) is 4.21. The van der Waals surface area contributed by atoms with E-state index in [4.69, 9.17) is 4.74 Å². The molecule has 1 amide bonds. The molecule has 1 aromatic rings. The molecule has 1 fully saturated rings. The van der Waals surface area contributed by atoms with E-state index in [0.717, 1.165) is 12.1 Å². The molecule has 1 aromatic heterocycles. The summed E-state index contributed by atoms with van der Waals surface area (Å²) in [5, 5.41) is 10.0. The number of hydrogen-bond donors (Lipinski definition) is 2. The van der Waals surface area contributed by atoms with Gasteiger partial charge in [0.1, 0.15) is 6.04 Å². The smallest absolute Gasteiger partial charge is 0.239 e. The monoisotopic (exact) mass is 226 g/mol. The molecule has 1 unspecified atom stereocenters. The second kappa shape index (κ2) is 5.25. The Hall–Kier alpha value is -0.910. The van der Waals surface area contributed by atoms with Gasteiger partial charge in [0.2, 0.25) is 5.91 Å². The molecule has 1 atom stereocenters. The van der Waals surface area contributed by atoms with Crippen molar-refractivity contribution in [3.8, 4) is 0 Å². The number of rotatable bonds is 3. The lowest BCUT2D eigenvalue weighted by molar-refractivity contribution is -0.126. The van der Waals surface area contributed by atoms with E-state index in [-0.39, 0.29) is 11.9 Å². The highest BCUT2D eigenvalue weighted by molar-refractivity contribution is 7.07. The molecule has 2 heterocycles. The number of thiophene rings is 1. The molecule has 0 spiro atoms. The highest BCUT2D eigenvalue weighted by Gasteiger charge is 2.20. The molecule has 0 bridgehead atoms. The molecule has 1 aliphatic rings. The minimum absolute atomic E-state index is 0.0147. The Labute approximate surface area is 92.6 Å². The van der Waals surface area contributed by atoms with Gasteiger partial charge in [-0.2, -0.15) is 11.3 Å². The molecule has 0 radical (unpaired) electrons. The van der Waals surface area contributed by atoms with Crippen molar-refractivity contribution in [2.75, 3.05) is 19.8 Å². The molecule has 0 saturated carbocycles. The van der Waals surface area contributed by atoms with Gasteiger partial charge in [0.05, 0.1) is 13.2 Å². The average Bonchev–Trinajstić information content (AvgIpc) is 2.80. The van der Waals surface area contributed by atoms with Crippen LogP contribution in [0.2, 0.25) is 0 Å². The van der Waals surface area contributed by atoms with Crippen LogP contribution in [0.5, 0.6) is 0 Å². The number of nitrogens with one attached hydrogen (secondary N) is 2. The Morgan fingerprint density at radius 3 is 3.33 bits per heavy atom. The molecule has 82 valence electrons. The second-order valence-electron chi connectivity index (χ2n) is 3.43. The van der Waals surface area contributed by atoms with Gasteiger partial charge in [-0.3, -0.25) is 4.79 Å². The number of carbonyl (C=O) groups excluding carboxylic acids is 1. The normalized spacial score (nSPS) is 21.2. The maximum absolute atomic E-state index is 11.6. The third-order valence-electron chi connectivity index (χ3n) is 2.28. The molecule has 0 aromatic carbocycles. The number of amides is 1. The van der Waals surface area contributed by atoms with Gasteiger partial charge in [0.25, 0.3) is 0 Å².